The number of benzene rings is 1. The summed E-state index contributed by atoms with van der Waals surface area (Å²) in [6.45, 7) is 0. The van der Waals surface area contributed by atoms with Crippen molar-refractivity contribution in [1.82, 2.24) is 0 Å². The largest absolute Gasteiger partial charge is 1.00 e. The van der Waals surface area contributed by atoms with Crippen LogP contribution >= 0.6 is 0 Å². The first-order chi connectivity index (χ1) is 13.0. The van der Waals surface area contributed by atoms with E-state index in [4.69, 9.17) is 11.1 Å². The minimum absolute atomic E-state index is 0. The van der Waals surface area contributed by atoms with Crippen LogP contribution in [0.3, 0.4) is 0 Å². The van der Waals surface area contributed by atoms with Crippen LogP contribution in [0.25, 0.3) is 27.0 Å². The molecule has 0 spiro atoms. The molecule has 0 aliphatic heterocycles. The Balaban J connectivity index is 0.00000420. The first kappa shape index (κ1) is 29.1. The number of azide groups is 1. The van der Waals surface area contributed by atoms with E-state index in [1.165, 1.54) is 6.08 Å². The molecule has 1 aliphatic rings. The molecular weight excluding hydrogens is 458 g/mol. The zero-order chi connectivity index (χ0) is 21.1. The fourth-order valence-corrected chi connectivity index (χ4v) is 5.64. The van der Waals surface area contributed by atoms with Gasteiger partial charge in [-0.2, -0.15) is 0 Å². The van der Waals surface area contributed by atoms with Gasteiger partial charge < -0.3 is 9.11 Å². The van der Waals surface area contributed by atoms with E-state index in [-0.39, 0.29) is 59.1 Å². The second-order valence-electron chi connectivity index (χ2n) is 5.81. The van der Waals surface area contributed by atoms with Crippen LogP contribution in [0.1, 0.15) is 12.0 Å². The van der Waals surface area contributed by atoms with E-state index in [2.05, 4.69) is 20.1 Å². The Morgan fingerprint density at radius 3 is 1.93 bits per heavy atom. The quantitative estimate of drug-likeness (QED) is 0.102. The topological polar surface area (TPSA) is 212 Å². The minimum atomic E-state index is -5.83. The van der Waals surface area contributed by atoms with Crippen molar-refractivity contribution in [3.05, 3.63) is 75.0 Å². The third-order valence-corrected chi connectivity index (χ3v) is 7.91. The monoisotopic (exact) mass is 470 g/mol. The summed E-state index contributed by atoms with van der Waals surface area (Å²) < 4.78 is 68.5. The van der Waals surface area contributed by atoms with Crippen LogP contribution in [0.2, 0.25) is 0 Å². The molecule has 1 aromatic carbocycles. The van der Waals surface area contributed by atoms with Crippen LogP contribution < -0.4 is 59.1 Å². The number of nitrogens with zero attached hydrogens (tertiary/aromatic N) is 6. The smallest absolute Gasteiger partial charge is 0.747 e. The van der Waals surface area contributed by atoms with Gasteiger partial charge in [0.1, 0.15) is 25.9 Å². The molecule has 0 N–H and O–H groups in total. The van der Waals surface area contributed by atoms with E-state index in [0.29, 0.717) is 5.56 Å². The number of hydrogen-bond acceptors (Lipinski definition) is 8. The first-order valence-electron chi connectivity index (χ1n) is 7.47. The van der Waals surface area contributed by atoms with Crippen LogP contribution in [0.5, 0.6) is 0 Å². The Hall–Kier alpha value is -0.860. The summed E-state index contributed by atoms with van der Waals surface area (Å²) in [7, 11) is -11.7. The summed E-state index contributed by atoms with van der Waals surface area (Å²) in [6, 6.07) is 8.26. The summed E-state index contributed by atoms with van der Waals surface area (Å²) in [5.74, 6) is -1.71. The summed E-state index contributed by atoms with van der Waals surface area (Å²) in [5, 5.41) is 6.24. The molecule has 0 aromatic heterocycles. The fraction of sp³-hybridized carbons (Fsp3) is 0.286. The van der Waals surface area contributed by atoms with E-state index in [1.807, 2.05) is 0 Å². The minimum Gasteiger partial charge on any atom is -0.747 e. The Kier molecular flexibility index (Phi) is 10.8. The molecule has 0 heterocycles. The van der Waals surface area contributed by atoms with Gasteiger partial charge in [0.2, 0.25) is 0 Å². The van der Waals surface area contributed by atoms with Crippen molar-refractivity contribution in [2.45, 2.75) is 16.2 Å². The van der Waals surface area contributed by atoms with Gasteiger partial charge in [-0.05, 0) is 16.6 Å². The molecule has 1 unspecified atom stereocenters. The summed E-state index contributed by atoms with van der Waals surface area (Å²) in [6.07, 6.45) is 2.88. The Morgan fingerprint density at radius 2 is 1.50 bits per heavy atom. The van der Waals surface area contributed by atoms with Gasteiger partial charge in [0, 0.05) is 22.2 Å². The second-order valence-corrected chi connectivity index (χ2v) is 9.34. The molecule has 0 bridgehead atoms. The van der Waals surface area contributed by atoms with E-state index in [1.54, 1.807) is 30.3 Å². The molecule has 0 radical (unpaired) electrons. The third-order valence-electron chi connectivity index (χ3n) is 4.16. The third kappa shape index (κ3) is 5.88. The first-order valence-corrected chi connectivity index (χ1v) is 10.3. The molecule has 0 saturated carbocycles. The average molecular weight is 470 g/mol. The predicted molar refractivity (Wildman–Crippen MR) is 95.9 cm³/mol. The van der Waals surface area contributed by atoms with Crippen LogP contribution in [-0.4, -0.2) is 35.7 Å². The Morgan fingerprint density at radius 1 is 1.00 bits per heavy atom. The molecule has 2 rings (SSSR count). The van der Waals surface area contributed by atoms with E-state index < -0.39 is 42.3 Å². The van der Waals surface area contributed by atoms with Gasteiger partial charge in [-0.25, -0.2) is 16.8 Å². The van der Waals surface area contributed by atoms with Crippen molar-refractivity contribution in [3.8, 4) is 0 Å². The van der Waals surface area contributed by atoms with Crippen LogP contribution in [0.15, 0.2) is 58.8 Å². The van der Waals surface area contributed by atoms with Gasteiger partial charge in [0.15, 0.2) is 4.08 Å². The zero-order valence-corrected chi connectivity index (χ0v) is 21.6. The number of allylic oxidation sites excluding steroid dienone is 2. The van der Waals surface area contributed by atoms with Gasteiger partial charge in [-0.1, -0.05) is 64.9 Å². The fourth-order valence-electron chi connectivity index (χ4n) is 2.88. The van der Waals surface area contributed by atoms with Crippen LogP contribution in [-0.2, 0) is 20.2 Å². The van der Waals surface area contributed by atoms with Crippen molar-refractivity contribution in [2.75, 3.05) is 0 Å². The summed E-state index contributed by atoms with van der Waals surface area (Å²) >= 11 is 0. The summed E-state index contributed by atoms with van der Waals surface area (Å²) in [5.41, 5.74) is 15.5. The molecule has 148 valence electrons. The standard InChI is InChI=1S/C14H14N6O6S2.2Na/c15-19-17-13(18-20-16)9-8-12(7-6-11-4-2-1-3-5-11)14(10-13,27(21,22)23)28(24,25)26;;/h1-9,12H,10H2,(H,21,22,23)(H,24,25,26);;/q;2*+1/p-2/b7-6+;;. The van der Waals surface area contributed by atoms with Crippen LogP contribution in [0.4, 0.5) is 0 Å². The Bertz CT molecular complexity index is 1080. The molecule has 12 nitrogen and oxygen atoms in total. The van der Waals surface area contributed by atoms with Gasteiger partial charge in [0.25, 0.3) is 0 Å². The van der Waals surface area contributed by atoms with Crippen molar-refractivity contribution in [2.24, 2.45) is 16.1 Å². The van der Waals surface area contributed by atoms with Gasteiger partial charge in [0.05, 0.1) is 0 Å². The maximum Gasteiger partial charge on any atom is 1.00 e. The molecular formula is C14H12N6Na2O6S2. The maximum atomic E-state index is 12.0. The molecule has 30 heavy (non-hydrogen) atoms. The van der Waals surface area contributed by atoms with Crippen molar-refractivity contribution < 1.29 is 85.1 Å². The van der Waals surface area contributed by atoms with Gasteiger partial charge in [-0.3, -0.25) is 0 Å². The van der Waals surface area contributed by atoms with Gasteiger partial charge >= 0.3 is 59.1 Å². The van der Waals surface area contributed by atoms with E-state index in [0.717, 1.165) is 18.2 Å². The maximum absolute atomic E-state index is 12.0. The Labute approximate surface area is 216 Å². The molecule has 0 fully saturated rings. The second kappa shape index (κ2) is 11.1. The predicted octanol–water partition coefficient (Wildman–Crippen LogP) is -3.61. The van der Waals surface area contributed by atoms with Crippen molar-refractivity contribution in [1.29, 1.82) is 0 Å². The van der Waals surface area contributed by atoms with Crippen molar-refractivity contribution >= 4 is 26.3 Å². The molecule has 1 aromatic rings. The molecule has 1 atom stereocenters. The van der Waals surface area contributed by atoms with Crippen LogP contribution in [0, 0.1) is 5.92 Å². The normalized spacial score (nSPS) is 22.7. The zero-order valence-electron chi connectivity index (χ0n) is 15.9. The number of hydrogen-bond donors (Lipinski definition) is 0. The average Bonchev–Trinajstić information content (AvgIpc) is 2.60. The molecule has 0 amide bonds. The molecule has 1 aliphatic carbocycles. The number of rotatable bonds is 6. The van der Waals surface area contributed by atoms with E-state index >= 15 is 0 Å². The van der Waals surface area contributed by atoms with Crippen molar-refractivity contribution in [3.63, 3.8) is 0 Å². The van der Waals surface area contributed by atoms with Gasteiger partial charge in [-0.15, -0.1) is 0 Å². The molecule has 16 heteroatoms. The summed E-state index contributed by atoms with van der Waals surface area (Å²) in [4.78, 5) is 4.79. The molecule has 0 saturated heterocycles. The SMILES string of the molecule is [N-]=[N+]=NC1(N=[N+]=[N-])C=CC(/C=C/c2ccccc2)C(S(=O)(=O)[O-])(S(=O)(=O)[O-])C1.[Na+].[Na+]. The van der Waals surface area contributed by atoms with E-state index in [9.17, 15) is 25.9 Å².